The number of fused-ring (bicyclic) bond motifs is 22. The quantitative estimate of drug-likeness (QED) is 0.171. The van der Waals surface area contributed by atoms with Gasteiger partial charge in [0.15, 0.2) is 11.6 Å². The summed E-state index contributed by atoms with van der Waals surface area (Å²) in [4.78, 5) is 18.4. The van der Waals surface area contributed by atoms with E-state index in [9.17, 15) is 0 Å². The smallest absolute Gasteiger partial charge is 0.238 e. The molecule has 0 spiro atoms. The number of nitrogens with zero attached hydrogens (tertiary/aromatic N) is 4. The third kappa shape index (κ3) is 6.04. The maximum absolute atomic E-state index is 7.11. The van der Waals surface area contributed by atoms with Crippen molar-refractivity contribution in [1.82, 2.24) is 15.0 Å². The van der Waals surface area contributed by atoms with Crippen molar-refractivity contribution in [3.05, 3.63) is 239 Å². The van der Waals surface area contributed by atoms with Crippen LogP contribution in [-0.4, -0.2) is 15.0 Å². The van der Waals surface area contributed by atoms with E-state index < -0.39 is 5.41 Å². The van der Waals surface area contributed by atoms with Crippen LogP contribution in [0, 0.1) is 0 Å². The Kier molecular flexibility index (Phi) is 9.02. The summed E-state index contributed by atoms with van der Waals surface area (Å²) in [5, 5.41) is 4.70. The average Bonchev–Trinajstić information content (AvgIpc) is 4.47. The van der Waals surface area contributed by atoms with E-state index in [2.05, 4.69) is 218 Å². The van der Waals surface area contributed by atoms with Crippen molar-refractivity contribution in [3.63, 3.8) is 0 Å². The topological polar surface area (TPSA) is 68.2 Å². The lowest BCUT2D eigenvalue weighted by molar-refractivity contribution is 0.600. The van der Waals surface area contributed by atoms with Gasteiger partial charge in [0.2, 0.25) is 5.95 Å². The molecule has 17 rings (SSSR count). The standard InChI is InChI=1S/C75H56N4O2/c1-72(2)53-35-36-60-62(48-26-16-19-29-58(48)80-60)61(53)51-40-56-50(39-57(51)72)45-33-31-43(37-54(45)73(56,3)4)79(71-77-69(41-21-11-9-12-22-41)76-70(78-71)42-23-13-10-14-24-42)44-32-34-47-55(38-44)75(7,8)67-65(47)68-64(49-27-17-20-30-59(49)81-68)63-46-25-15-18-28-52(46)74(5,6)66(63)67/h9-40H,1-8H3. The van der Waals surface area contributed by atoms with Gasteiger partial charge in [-0.2, -0.15) is 9.97 Å². The van der Waals surface area contributed by atoms with Crippen molar-refractivity contribution in [2.75, 3.05) is 4.90 Å². The second kappa shape index (κ2) is 15.7. The van der Waals surface area contributed by atoms with E-state index in [0.29, 0.717) is 17.6 Å². The number of aromatic nitrogens is 3. The number of hydrogen-bond donors (Lipinski definition) is 0. The van der Waals surface area contributed by atoms with Gasteiger partial charge in [0.25, 0.3) is 0 Å². The Balaban J connectivity index is 0.888. The summed E-state index contributed by atoms with van der Waals surface area (Å²) in [7, 11) is 0. The minimum Gasteiger partial charge on any atom is -0.456 e. The highest BCUT2D eigenvalue weighted by Crippen LogP contribution is 2.64. The summed E-state index contributed by atoms with van der Waals surface area (Å²) in [5.74, 6) is 1.75. The minimum atomic E-state index is -0.435. The molecule has 0 saturated heterocycles. The lowest BCUT2D eigenvalue weighted by Crippen LogP contribution is -2.24. The summed E-state index contributed by atoms with van der Waals surface area (Å²) in [5.41, 5.74) is 26.8. The molecule has 3 heterocycles. The fraction of sp³-hybridized carbons (Fsp3) is 0.160. The highest BCUT2D eigenvalue weighted by atomic mass is 16.3. The first-order valence-electron chi connectivity index (χ1n) is 28.4. The molecule has 0 aliphatic heterocycles. The molecule has 10 aromatic carbocycles. The van der Waals surface area contributed by atoms with Gasteiger partial charge in [0.05, 0.1) is 0 Å². The van der Waals surface area contributed by atoms with Crippen LogP contribution >= 0.6 is 0 Å². The van der Waals surface area contributed by atoms with Crippen LogP contribution in [0.3, 0.4) is 0 Å². The van der Waals surface area contributed by atoms with E-state index >= 15 is 0 Å². The Labute approximate surface area is 470 Å². The van der Waals surface area contributed by atoms with Crippen LogP contribution < -0.4 is 4.90 Å². The molecule has 6 heteroatoms. The van der Waals surface area contributed by atoms with Crippen molar-refractivity contribution >= 4 is 61.2 Å². The molecule has 0 unspecified atom stereocenters. The van der Waals surface area contributed by atoms with Gasteiger partial charge in [0, 0.05) is 71.3 Å². The predicted molar refractivity (Wildman–Crippen MR) is 330 cm³/mol. The SMILES string of the molecule is CC1(C)c2cc(N(c3ccc4c(c3)C(C)(C)c3c5c(c6c(oc7ccccc76)c3-4)-c3ccccc3C5(C)C)c3nc(-c4ccccc4)nc(-c4ccccc4)n3)ccc2-c2cc3c(cc21)-c1c(ccc2oc4ccccc4c12)C3(C)C. The monoisotopic (exact) mass is 1040 g/mol. The van der Waals surface area contributed by atoms with Gasteiger partial charge in [-0.05, 0) is 138 Å². The molecule has 4 aliphatic rings. The molecular formula is C75H56N4O2. The zero-order valence-electron chi connectivity index (χ0n) is 46.6. The van der Waals surface area contributed by atoms with Gasteiger partial charge >= 0.3 is 0 Å². The molecule has 0 radical (unpaired) electrons. The molecule has 3 aromatic heterocycles. The second-order valence-electron chi connectivity index (χ2n) is 25.1. The van der Waals surface area contributed by atoms with Crippen LogP contribution in [0.15, 0.2) is 203 Å². The second-order valence-corrected chi connectivity index (χ2v) is 25.1. The maximum atomic E-state index is 7.11. The first kappa shape index (κ1) is 46.5. The van der Waals surface area contributed by atoms with Crippen LogP contribution in [-0.2, 0) is 21.7 Å². The van der Waals surface area contributed by atoms with E-state index in [4.69, 9.17) is 23.8 Å². The number of anilines is 3. The molecule has 13 aromatic rings. The molecule has 81 heavy (non-hydrogen) atoms. The molecule has 4 aliphatic carbocycles. The molecular weight excluding hydrogens is 989 g/mol. The molecule has 0 N–H and O–H groups in total. The van der Waals surface area contributed by atoms with Crippen LogP contribution in [0.5, 0.6) is 0 Å². The molecule has 0 atom stereocenters. The number of benzene rings is 10. The third-order valence-corrected chi connectivity index (χ3v) is 19.2. The van der Waals surface area contributed by atoms with Gasteiger partial charge in [0.1, 0.15) is 22.3 Å². The molecule has 0 amide bonds. The van der Waals surface area contributed by atoms with Gasteiger partial charge in [-0.3, -0.25) is 4.90 Å². The van der Waals surface area contributed by atoms with E-state index in [1.807, 2.05) is 36.4 Å². The zero-order valence-corrected chi connectivity index (χ0v) is 46.6. The molecule has 388 valence electrons. The highest BCUT2D eigenvalue weighted by molar-refractivity contribution is 6.21. The van der Waals surface area contributed by atoms with Crippen molar-refractivity contribution < 1.29 is 8.83 Å². The normalized spacial score (nSPS) is 15.8. The Morgan fingerprint density at radius 3 is 1.53 bits per heavy atom. The van der Waals surface area contributed by atoms with E-state index in [-0.39, 0.29) is 16.2 Å². The Morgan fingerprint density at radius 1 is 0.333 bits per heavy atom. The van der Waals surface area contributed by atoms with Gasteiger partial charge in [-0.25, -0.2) is 4.98 Å². The first-order chi connectivity index (χ1) is 39.2. The molecule has 0 bridgehead atoms. The van der Waals surface area contributed by atoms with Crippen molar-refractivity contribution in [3.8, 4) is 67.3 Å². The Bertz CT molecular complexity index is 4880. The van der Waals surface area contributed by atoms with Gasteiger partial charge < -0.3 is 8.83 Å². The molecule has 6 nitrogen and oxygen atoms in total. The molecule has 0 fully saturated rings. The highest BCUT2D eigenvalue weighted by Gasteiger charge is 2.49. The number of hydrogen-bond acceptors (Lipinski definition) is 6. The average molecular weight is 1050 g/mol. The summed E-state index contributed by atoms with van der Waals surface area (Å²) in [6.07, 6.45) is 0. The van der Waals surface area contributed by atoms with Crippen LogP contribution in [0.25, 0.3) is 111 Å². The first-order valence-corrected chi connectivity index (χ1v) is 28.4. The minimum absolute atomic E-state index is 0.224. The molecule has 0 saturated carbocycles. The van der Waals surface area contributed by atoms with Crippen LogP contribution in [0.2, 0.25) is 0 Å². The fourth-order valence-electron chi connectivity index (χ4n) is 15.3. The Hall–Kier alpha value is -9.39. The van der Waals surface area contributed by atoms with Crippen molar-refractivity contribution in [1.29, 1.82) is 0 Å². The largest absolute Gasteiger partial charge is 0.456 e. The zero-order chi connectivity index (χ0) is 54.6. The Morgan fingerprint density at radius 2 is 0.840 bits per heavy atom. The summed E-state index contributed by atoms with van der Waals surface area (Å²) in [6.45, 7) is 19.2. The van der Waals surface area contributed by atoms with Crippen LogP contribution in [0.4, 0.5) is 17.3 Å². The number of furan rings is 2. The number of rotatable bonds is 5. The van der Waals surface area contributed by atoms with E-state index in [1.165, 1.54) is 99.8 Å². The maximum Gasteiger partial charge on any atom is 0.238 e. The lowest BCUT2D eigenvalue weighted by Gasteiger charge is -2.31. The van der Waals surface area contributed by atoms with Crippen LogP contribution in [0.1, 0.15) is 99.9 Å². The lowest BCUT2D eigenvalue weighted by atomic mass is 9.72. The third-order valence-electron chi connectivity index (χ3n) is 19.2. The summed E-state index contributed by atoms with van der Waals surface area (Å²) in [6, 6.07) is 70.2. The van der Waals surface area contributed by atoms with Gasteiger partial charge in [-0.1, -0.05) is 195 Å². The summed E-state index contributed by atoms with van der Waals surface area (Å²) < 4.78 is 13.6. The van der Waals surface area contributed by atoms with Gasteiger partial charge in [-0.15, -0.1) is 0 Å². The van der Waals surface area contributed by atoms with Crippen molar-refractivity contribution in [2.24, 2.45) is 0 Å². The van der Waals surface area contributed by atoms with E-state index in [1.54, 1.807) is 0 Å². The van der Waals surface area contributed by atoms with Crippen molar-refractivity contribution in [2.45, 2.75) is 77.0 Å². The number of para-hydroxylation sites is 2. The fourth-order valence-corrected chi connectivity index (χ4v) is 15.3. The predicted octanol–water partition coefficient (Wildman–Crippen LogP) is 19.7. The van der Waals surface area contributed by atoms with E-state index in [0.717, 1.165) is 55.6 Å². The summed E-state index contributed by atoms with van der Waals surface area (Å²) >= 11 is 0.